The molecule has 0 fully saturated rings. The molecule has 0 N–H and O–H groups in total. The number of rotatable bonds is 12. The molecule has 0 aromatic rings. The summed E-state index contributed by atoms with van der Waals surface area (Å²) in [6.45, 7) is 6.89. The second kappa shape index (κ2) is 11.4. The van der Waals surface area contributed by atoms with E-state index in [1.54, 1.807) is 0 Å². The van der Waals surface area contributed by atoms with Crippen LogP contribution in [0.25, 0.3) is 0 Å². The van der Waals surface area contributed by atoms with Crippen LogP contribution in [0.3, 0.4) is 0 Å². The van der Waals surface area contributed by atoms with Crippen LogP contribution in [-0.4, -0.2) is 12.6 Å². The van der Waals surface area contributed by atoms with Crippen molar-refractivity contribution in [3.8, 4) is 0 Å². The SMILES string of the molecule is CC(C)CCCC(C)CCCCCC(C=O)C=O. The molecule has 0 saturated carbocycles. The third-order valence-electron chi connectivity index (χ3n) is 3.56. The summed E-state index contributed by atoms with van der Waals surface area (Å²) in [5, 5.41) is 0. The predicted molar refractivity (Wildman–Crippen MR) is 76.6 cm³/mol. The van der Waals surface area contributed by atoms with Crippen molar-refractivity contribution in [3.63, 3.8) is 0 Å². The Balaban J connectivity index is 3.37. The van der Waals surface area contributed by atoms with E-state index >= 15 is 0 Å². The maximum absolute atomic E-state index is 10.4. The monoisotopic (exact) mass is 254 g/mol. The second-order valence-electron chi connectivity index (χ2n) is 6.00. The molecule has 0 aliphatic rings. The zero-order chi connectivity index (χ0) is 13.8. The summed E-state index contributed by atoms with van der Waals surface area (Å²) in [6.07, 6.45) is 10.9. The van der Waals surface area contributed by atoms with E-state index in [4.69, 9.17) is 0 Å². The van der Waals surface area contributed by atoms with E-state index in [1.807, 2.05) is 0 Å². The molecule has 18 heavy (non-hydrogen) atoms. The van der Waals surface area contributed by atoms with Crippen molar-refractivity contribution in [1.82, 2.24) is 0 Å². The fourth-order valence-corrected chi connectivity index (χ4v) is 2.24. The van der Waals surface area contributed by atoms with Crippen molar-refractivity contribution in [2.45, 2.75) is 72.1 Å². The molecule has 0 aliphatic heterocycles. The highest BCUT2D eigenvalue weighted by Crippen LogP contribution is 2.18. The number of hydrogen-bond donors (Lipinski definition) is 0. The van der Waals surface area contributed by atoms with E-state index < -0.39 is 0 Å². The Morgan fingerprint density at radius 1 is 0.722 bits per heavy atom. The van der Waals surface area contributed by atoms with E-state index in [1.165, 1.54) is 32.1 Å². The summed E-state index contributed by atoms with van der Waals surface area (Å²) >= 11 is 0. The number of carbonyl (C=O) groups excluding carboxylic acids is 2. The van der Waals surface area contributed by atoms with Crippen LogP contribution >= 0.6 is 0 Å². The van der Waals surface area contributed by atoms with Gasteiger partial charge in [-0.15, -0.1) is 0 Å². The van der Waals surface area contributed by atoms with Gasteiger partial charge in [-0.25, -0.2) is 0 Å². The lowest BCUT2D eigenvalue weighted by atomic mass is 9.94. The van der Waals surface area contributed by atoms with Crippen LogP contribution in [-0.2, 0) is 9.59 Å². The Labute approximate surface area is 113 Å². The highest BCUT2D eigenvalue weighted by molar-refractivity contribution is 5.77. The fraction of sp³-hybridized carbons (Fsp3) is 0.875. The largest absolute Gasteiger partial charge is 0.303 e. The average Bonchev–Trinajstić information content (AvgIpc) is 2.33. The minimum atomic E-state index is -0.367. The molecule has 2 heteroatoms. The molecule has 0 saturated heterocycles. The molecule has 106 valence electrons. The van der Waals surface area contributed by atoms with Crippen molar-refractivity contribution >= 4 is 12.6 Å². The first-order chi connectivity index (χ1) is 8.60. The zero-order valence-electron chi connectivity index (χ0n) is 12.4. The summed E-state index contributed by atoms with van der Waals surface area (Å²) in [5.74, 6) is 1.27. The average molecular weight is 254 g/mol. The van der Waals surface area contributed by atoms with Gasteiger partial charge in [0.15, 0.2) is 0 Å². The first-order valence-corrected chi connectivity index (χ1v) is 7.50. The molecule has 0 rings (SSSR count). The summed E-state index contributed by atoms with van der Waals surface area (Å²) in [5.41, 5.74) is 0. The van der Waals surface area contributed by atoms with Crippen LogP contribution in [0.2, 0.25) is 0 Å². The van der Waals surface area contributed by atoms with Crippen LogP contribution in [0.4, 0.5) is 0 Å². The molecule has 0 aromatic carbocycles. The summed E-state index contributed by atoms with van der Waals surface area (Å²) in [6, 6.07) is 0. The number of carbonyl (C=O) groups is 2. The Morgan fingerprint density at radius 2 is 1.28 bits per heavy atom. The predicted octanol–water partition coefficient (Wildman–Crippen LogP) is 4.41. The van der Waals surface area contributed by atoms with Crippen LogP contribution in [0.5, 0.6) is 0 Å². The molecular formula is C16H30O2. The van der Waals surface area contributed by atoms with Crippen LogP contribution in [0.1, 0.15) is 72.1 Å². The second-order valence-corrected chi connectivity index (χ2v) is 6.00. The Kier molecular flexibility index (Phi) is 11.0. The maximum Gasteiger partial charge on any atom is 0.130 e. The topological polar surface area (TPSA) is 34.1 Å². The van der Waals surface area contributed by atoms with E-state index in [9.17, 15) is 9.59 Å². The Bertz CT molecular complexity index is 203. The van der Waals surface area contributed by atoms with Gasteiger partial charge in [-0.2, -0.15) is 0 Å². The van der Waals surface area contributed by atoms with Crippen LogP contribution < -0.4 is 0 Å². The lowest BCUT2D eigenvalue weighted by molar-refractivity contribution is -0.119. The van der Waals surface area contributed by atoms with Crippen molar-refractivity contribution in [1.29, 1.82) is 0 Å². The standard InChI is InChI=1S/C16H30O2/c1-14(2)8-7-10-15(3)9-5-4-6-11-16(12-17)13-18/h12-16H,4-11H2,1-3H3. The molecule has 0 aromatic heterocycles. The molecular weight excluding hydrogens is 224 g/mol. The van der Waals surface area contributed by atoms with E-state index in [2.05, 4.69) is 20.8 Å². The molecule has 0 radical (unpaired) electrons. The molecule has 0 spiro atoms. The van der Waals surface area contributed by atoms with Gasteiger partial charge in [0.25, 0.3) is 0 Å². The summed E-state index contributed by atoms with van der Waals surface area (Å²) in [7, 11) is 0. The third kappa shape index (κ3) is 10.5. The van der Waals surface area contributed by atoms with E-state index in [-0.39, 0.29) is 5.92 Å². The zero-order valence-corrected chi connectivity index (χ0v) is 12.4. The number of aldehydes is 2. The molecule has 0 aliphatic carbocycles. The van der Waals surface area contributed by atoms with Crippen molar-refractivity contribution in [3.05, 3.63) is 0 Å². The van der Waals surface area contributed by atoms with Gasteiger partial charge < -0.3 is 9.59 Å². The Morgan fingerprint density at radius 3 is 1.83 bits per heavy atom. The van der Waals surface area contributed by atoms with Gasteiger partial charge in [0.2, 0.25) is 0 Å². The van der Waals surface area contributed by atoms with Gasteiger partial charge in [0, 0.05) is 0 Å². The molecule has 0 amide bonds. The minimum absolute atomic E-state index is 0.367. The Hall–Kier alpha value is -0.660. The van der Waals surface area contributed by atoms with E-state index in [0.29, 0.717) is 0 Å². The van der Waals surface area contributed by atoms with Gasteiger partial charge in [-0.1, -0.05) is 65.7 Å². The molecule has 1 unspecified atom stereocenters. The highest BCUT2D eigenvalue weighted by Gasteiger charge is 2.06. The molecule has 0 bridgehead atoms. The third-order valence-corrected chi connectivity index (χ3v) is 3.56. The normalized spacial score (nSPS) is 12.9. The van der Waals surface area contributed by atoms with Crippen molar-refractivity contribution in [2.24, 2.45) is 17.8 Å². The van der Waals surface area contributed by atoms with Crippen LogP contribution in [0.15, 0.2) is 0 Å². The number of unbranched alkanes of at least 4 members (excludes halogenated alkanes) is 2. The van der Waals surface area contributed by atoms with Crippen molar-refractivity contribution < 1.29 is 9.59 Å². The van der Waals surface area contributed by atoms with Crippen LogP contribution in [0, 0.1) is 17.8 Å². The molecule has 0 heterocycles. The smallest absolute Gasteiger partial charge is 0.130 e. The van der Waals surface area contributed by atoms with Crippen molar-refractivity contribution in [2.75, 3.05) is 0 Å². The summed E-state index contributed by atoms with van der Waals surface area (Å²) in [4.78, 5) is 20.9. The highest BCUT2D eigenvalue weighted by atomic mass is 16.1. The molecule has 2 nitrogen and oxygen atoms in total. The number of hydrogen-bond acceptors (Lipinski definition) is 2. The minimum Gasteiger partial charge on any atom is -0.303 e. The lowest BCUT2D eigenvalue weighted by Gasteiger charge is -2.12. The fourth-order valence-electron chi connectivity index (χ4n) is 2.24. The summed E-state index contributed by atoms with van der Waals surface area (Å²) < 4.78 is 0. The molecule has 1 atom stereocenters. The van der Waals surface area contributed by atoms with Gasteiger partial charge in [0.1, 0.15) is 12.6 Å². The quantitative estimate of drug-likeness (QED) is 0.293. The van der Waals surface area contributed by atoms with Gasteiger partial charge in [0.05, 0.1) is 5.92 Å². The van der Waals surface area contributed by atoms with Gasteiger partial charge in [-0.05, 0) is 18.3 Å². The first kappa shape index (κ1) is 17.3. The van der Waals surface area contributed by atoms with Gasteiger partial charge in [-0.3, -0.25) is 0 Å². The van der Waals surface area contributed by atoms with Gasteiger partial charge >= 0.3 is 0 Å². The van der Waals surface area contributed by atoms with E-state index in [0.717, 1.165) is 43.7 Å². The lowest BCUT2D eigenvalue weighted by Crippen LogP contribution is -2.03. The maximum atomic E-state index is 10.4. The first-order valence-electron chi connectivity index (χ1n) is 7.50.